The average Bonchev–Trinajstić information content (AvgIpc) is 3.00. The Morgan fingerprint density at radius 1 is 1.42 bits per heavy atom. The molecule has 0 amide bonds. The van der Waals surface area contributed by atoms with Crippen molar-refractivity contribution in [1.29, 1.82) is 0 Å². The molecule has 1 spiro atoms. The summed E-state index contributed by atoms with van der Waals surface area (Å²) in [6.07, 6.45) is 2.88. The molecule has 132 valence electrons. The maximum atomic E-state index is 11.8. The number of carbonyl (C=O) groups is 1. The first-order valence-corrected chi connectivity index (χ1v) is 8.88. The molecule has 1 aliphatic heterocycles. The maximum absolute atomic E-state index is 11.8. The number of nitrogens with one attached hydrogen (secondary N) is 1. The molecule has 1 saturated heterocycles. The lowest BCUT2D eigenvalue weighted by atomic mass is 9.80. The molecule has 1 aromatic rings. The summed E-state index contributed by atoms with van der Waals surface area (Å²) in [5, 5.41) is 13.2. The molecule has 0 aromatic heterocycles. The molecule has 1 heterocycles. The van der Waals surface area contributed by atoms with Crippen molar-refractivity contribution in [2.45, 2.75) is 63.5 Å². The summed E-state index contributed by atoms with van der Waals surface area (Å²) < 4.78 is 11.9. The zero-order valence-corrected chi connectivity index (χ0v) is 14.4. The van der Waals surface area contributed by atoms with Crippen LogP contribution in [0.25, 0.3) is 0 Å². The highest BCUT2D eigenvalue weighted by Crippen LogP contribution is 2.41. The van der Waals surface area contributed by atoms with Crippen LogP contribution in [-0.2, 0) is 14.3 Å². The van der Waals surface area contributed by atoms with Crippen LogP contribution >= 0.6 is 0 Å². The zero-order valence-electron chi connectivity index (χ0n) is 14.4. The molecular formula is C19H27NO4. The fraction of sp³-hybridized carbons (Fsp3) is 0.632. The monoisotopic (exact) mass is 333 g/mol. The summed E-state index contributed by atoms with van der Waals surface area (Å²) in [6, 6.07) is 10.2. The Morgan fingerprint density at radius 2 is 2.17 bits per heavy atom. The number of benzene rings is 1. The predicted octanol–water partition coefficient (Wildman–Crippen LogP) is 3.11. The summed E-state index contributed by atoms with van der Waals surface area (Å²) in [4.78, 5) is 11.8. The van der Waals surface area contributed by atoms with Gasteiger partial charge in [0, 0.05) is 24.9 Å². The van der Waals surface area contributed by atoms with Gasteiger partial charge in [0.25, 0.3) is 0 Å². The number of ether oxygens (including phenoxy) is 2. The van der Waals surface area contributed by atoms with Crippen molar-refractivity contribution < 1.29 is 19.4 Å². The summed E-state index contributed by atoms with van der Waals surface area (Å²) in [5.41, 5.74) is 1.17. The Bertz CT molecular complexity index is 564. The molecule has 5 nitrogen and oxygen atoms in total. The molecule has 1 aliphatic carbocycles. The van der Waals surface area contributed by atoms with Crippen molar-refractivity contribution in [3.8, 4) is 0 Å². The SMILES string of the molecule is CCC1COC2(CC[C@H](N[C@@H](C)c3ccccc3)[C@H](C(=O)O)C2)O1. The van der Waals surface area contributed by atoms with Crippen LogP contribution in [0.2, 0.25) is 0 Å². The standard InChI is InChI=1S/C19H27NO4/c1-3-15-12-23-19(24-15)10-9-17(16(11-19)18(21)22)20-13(2)14-7-5-4-6-8-14/h4-8,13,15-17,20H,3,9-12H2,1-2H3,(H,21,22)/t13-,15?,16+,17-,19?/m0/s1. The second-order valence-corrected chi connectivity index (χ2v) is 6.96. The highest BCUT2D eigenvalue weighted by molar-refractivity contribution is 5.71. The highest BCUT2D eigenvalue weighted by atomic mass is 16.7. The van der Waals surface area contributed by atoms with E-state index in [0.717, 1.165) is 19.3 Å². The van der Waals surface area contributed by atoms with Gasteiger partial charge in [0.05, 0.1) is 18.6 Å². The van der Waals surface area contributed by atoms with Crippen molar-refractivity contribution in [2.24, 2.45) is 5.92 Å². The van der Waals surface area contributed by atoms with E-state index in [2.05, 4.69) is 31.3 Å². The van der Waals surface area contributed by atoms with Gasteiger partial charge in [-0.25, -0.2) is 0 Å². The van der Waals surface area contributed by atoms with E-state index >= 15 is 0 Å². The number of aliphatic carboxylic acids is 1. The first-order valence-electron chi connectivity index (χ1n) is 8.88. The van der Waals surface area contributed by atoms with E-state index in [9.17, 15) is 9.90 Å². The van der Waals surface area contributed by atoms with E-state index < -0.39 is 17.7 Å². The van der Waals surface area contributed by atoms with Crippen molar-refractivity contribution in [3.63, 3.8) is 0 Å². The first-order chi connectivity index (χ1) is 11.5. The number of hydrogen-bond acceptors (Lipinski definition) is 4. The van der Waals surface area contributed by atoms with E-state index in [1.165, 1.54) is 5.56 Å². The minimum absolute atomic E-state index is 0.0730. The summed E-state index contributed by atoms with van der Waals surface area (Å²) in [6.45, 7) is 4.71. The molecule has 1 saturated carbocycles. The van der Waals surface area contributed by atoms with Gasteiger partial charge in [-0.3, -0.25) is 4.79 Å². The third-order valence-electron chi connectivity index (χ3n) is 5.30. The van der Waals surface area contributed by atoms with Crippen LogP contribution < -0.4 is 5.32 Å². The second-order valence-electron chi connectivity index (χ2n) is 6.96. The number of carboxylic acid groups (broad SMARTS) is 1. The Labute approximate surface area is 143 Å². The number of carboxylic acids is 1. The largest absolute Gasteiger partial charge is 0.481 e. The van der Waals surface area contributed by atoms with Crippen LogP contribution in [0.5, 0.6) is 0 Å². The molecular weight excluding hydrogens is 306 g/mol. The van der Waals surface area contributed by atoms with Gasteiger partial charge in [-0.1, -0.05) is 37.3 Å². The van der Waals surface area contributed by atoms with Crippen molar-refractivity contribution in [1.82, 2.24) is 5.32 Å². The van der Waals surface area contributed by atoms with Gasteiger partial charge in [0.2, 0.25) is 0 Å². The van der Waals surface area contributed by atoms with E-state index in [0.29, 0.717) is 13.0 Å². The van der Waals surface area contributed by atoms with Crippen molar-refractivity contribution >= 4 is 5.97 Å². The van der Waals surface area contributed by atoms with E-state index in [1.807, 2.05) is 18.2 Å². The average molecular weight is 333 g/mol. The molecule has 3 rings (SSSR count). The minimum Gasteiger partial charge on any atom is -0.481 e. The third kappa shape index (κ3) is 3.63. The normalized spacial score (nSPS) is 34.3. The fourth-order valence-corrected chi connectivity index (χ4v) is 3.83. The molecule has 2 aliphatic rings. The first kappa shape index (κ1) is 17.4. The van der Waals surface area contributed by atoms with Crippen LogP contribution in [0.15, 0.2) is 30.3 Å². The smallest absolute Gasteiger partial charge is 0.308 e. The molecule has 5 atom stereocenters. The van der Waals surface area contributed by atoms with Gasteiger partial charge >= 0.3 is 5.97 Å². The Hall–Kier alpha value is -1.43. The van der Waals surface area contributed by atoms with Crippen molar-refractivity contribution in [2.75, 3.05) is 6.61 Å². The number of rotatable bonds is 5. The Balaban J connectivity index is 1.68. The molecule has 1 aromatic carbocycles. The van der Waals surface area contributed by atoms with Crippen LogP contribution in [0.1, 0.15) is 51.1 Å². The molecule has 2 fully saturated rings. The van der Waals surface area contributed by atoms with E-state index in [1.54, 1.807) is 0 Å². The van der Waals surface area contributed by atoms with Crippen LogP contribution in [0.4, 0.5) is 0 Å². The molecule has 0 bridgehead atoms. The van der Waals surface area contributed by atoms with E-state index in [-0.39, 0.29) is 18.2 Å². The van der Waals surface area contributed by atoms with Gasteiger partial charge < -0.3 is 19.9 Å². The van der Waals surface area contributed by atoms with Gasteiger partial charge in [-0.15, -0.1) is 0 Å². The van der Waals surface area contributed by atoms with Crippen molar-refractivity contribution in [3.05, 3.63) is 35.9 Å². The van der Waals surface area contributed by atoms with Gasteiger partial charge in [0.15, 0.2) is 5.79 Å². The minimum atomic E-state index is -0.779. The molecule has 24 heavy (non-hydrogen) atoms. The summed E-state index contributed by atoms with van der Waals surface area (Å²) in [5.74, 6) is -1.97. The third-order valence-corrected chi connectivity index (χ3v) is 5.30. The maximum Gasteiger partial charge on any atom is 0.308 e. The lowest BCUT2D eigenvalue weighted by Crippen LogP contribution is -2.51. The number of hydrogen-bond donors (Lipinski definition) is 2. The molecule has 5 heteroatoms. The second kappa shape index (κ2) is 7.21. The zero-order chi connectivity index (χ0) is 17.2. The van der Waals surface area contributed by atoms with Crippen LogP contribution in [-0.4, -0.2) is 35.6 Å². The summed E-state index contributed by atoms with van der Waals surface area (Å²) >= 11 is 0. The van der Waals surface area contributed by atoms with Gasteiger partial charge in [-0.05, 0) is 25.3 Å². The Kier molecular flexibility index (Phi) is 5.23. The molecule has 2 N–H and O–H groups in total. The van der Waals surface area contributed by atoms with Gasteiger partial charge in [-0.2, -0.15) is 0 Å². The fourth-order valence-electron chi connectivity index (χ4n) is 3.83. The quantitative estimate of drug-likeness (QED) is 0.866. The molecule has 0 radical (unpaired) electrons. The van der Waals surface area contributed by atoms with Gasteiger partial charge in [0.1, 0.15) is 0 Å². The lowest BCUT2D eigenvalue weighted by Gasteiger charge is -2.41. The van der Waals surface area contributed by atoms with Crippen LogP contribution in [0, 0.1) is 5.92 Å². The highest BCUT2D eigenvalue weighted by Gasteiger charge is 2.49. The topological polar surface area (TPSA) is 67.8 Å². The van der Waals surface area contributed by atoms with Crippen LogP contribution in [0.3, 0.4) is 0 Å². The molecule has 2 unspecified atom stereocenters. The summed E-state index contributed by atoms with van der Waals surface area (Å²) in [7, 11) is 0. The van der Waals surface area contributed by atoms with E-state index in [4.69, 9.17) is 9.47 Å². The Morgan fingerprint density at radius 3 is 2.79 bits per heavy atom. The lowest BCUT2D eigenvalue weighted by molar-refractivity contribution is -0.205. The predicted molar refractivity (Wildman–Crippen MR) is 90.6 cm³/mol.